The summed E-state index contributed by atoms with van der Waals surface area (Å²) in [7, 11) is 0. The third-order valence-corrected chi connectivity index (χ3v) is 7.40. The molecule has 3 fully saturated rings. The summed E-state index contributed by atoms with van der Waals surface area (Å²) < 4.78 is 33.7. The third kappa shape index (κ3) is 5.05. The molecule has 0 bridgehead atoms. The van der Waals surface area contributed by atoms with Crippen LogP contribution in [0.15, 0.2) is 18.2 Å². The van der Waals surface area contributed by atoms with Gasteiger partial charge < -0.3 is 10.4 Å². The van der Waals surface area contributed by atoms with E-state index in [1.54, 1.807) is 12.1 Å². The minimum atomic E-state index is -5.08. The van der Waals surface area contributed by atoms with Crippen molar-refractivity contribution >= 4 is 29.6 Å². The summed E-state index contributed by atoms with van der Waals surface area (Å²) in [5.74, 6) is -3.88. The lowest BCUT2D eigenvalue weighted by Crippen LogP contribution is -2.54. The Hall–Kier alpha value is -4.21. The van der Waals surface area contributed by atoms with Crippen molar-refractivity contribution in [1.29, 1.82) is 0 Å². The van der Waals surface area contributed by atoms with E-state index in [0.717, 1.165) is 48.4 Å². The maximum atomic E-state index is 13.1. The molecule has 6 rings (SSSR count). The second-order valence-corrected chi connectivity index (χ2v) is 10.1. The van der Waals surface area contributed by atoms with Gasteiger partial charge >= 0.3 is 12.1 Å². The van der Waals surface area contributed by atoms with Gasteiger partial charge in [0.25, 0.3) is 11.8 Å². The first-order chi connectivity index (χ1) is 18.9. The van der Waals surface area contributed by atoms with Crippen LogP contribution in [0.4, 0.5) is 13.2 Å². The smallest absolute Gasteiger partial charge is 0.475 e. The fourth-order valence-electron chi connectivity index (χ4n) is 4.98. The molecule has 1 unspecified atom stereocenters. The summed E-state index contributed by atoms with van der Waals surface area (Å²) in [4.78, 5) is 59.5. The maximum Gasteiger partial charge on any atom is 0.490 e. The molecule has 4 amide bonds. The zero-order chi connectivity index (χ0) is 28.8. The first kappa shape index (κ1) is 27.4. The van der Waals surface area contributed by atoms with Crippen LogP contribution in [-0.4, -0.2) is 72.0 Å². The van der Waals surface area contributed by atoms with Crippen LogP contribution in [-0.2, 0) is 26.5 Å². The molecule has 2 aliphatic carbocycles. The highest BCUT2D eigenvalue weighted by molar-refractivity contribution is 6.23. The van der Waals surface area contributed by atoms with E-state index in [9.17, 15) is 32.3 Å². The summed E-state index contributed by atoms with van der Waals surface area (Å²) >= 11 is 0. The number of carbonyl (C=O) groups excluding carboxylic acids is 4. The van der Waals surface area contributed by atoms with E-state index in [2.05, 4.69) is 26.2 Å². The van der Waals surface area contributed by atoms with Crippen LogP contribution in [0.1, 0.15) is 83.1 Å². The molecule has 13 nitrogen and oxygen atoms in total. The van der Waals surface area contributed by atoms with Crippen molar-refractivity contribution in [2.75, 3.05) is 0 Å². The summed E-state index contributed by atoms with van der Waals surface area (Å²) in [6, 6.07) is 4.60. The van der Waals surface area contributed by atoms with Gasteiger partial charge in [0, 0.05) is 13.0 Å². The number of fused-ring (bicyclic) bond motifs is 1. The number of alkyl halides is 3. The molecular formula is C24H24F3N7O6. The number of halogens is 3. The van der Waals surface area contributed by atoms with Gasteiger partial charge in [0.2, 0.25) is 11.8 Å². The van der Waals surface area contributed by atoms with E-state index in [-0.39, 0.29) is 35.4 Å². The predicted octanol–water partition coefficient (Wildman–Crippen LogP) is 1.21. The molecule has 1 saturated heterocycles. The first-order valence-corrected chi connectivity index (χ1v) is 12.6. The van der Waals surface area contributed by atoms with E-state index in [0.29, 0.717) is 12.6 Å². The highest BCUT2D eigenvalue weighted by Crippen LogP contribution is 2.44. The van der Waals surface area contributed by atoms with Gasteiger partial charge in [-0.1, -0.05) is 6.07 Å². The van der Waals surface area contributed by atoms with Gasteiger partial charge in [-0.15, -0.1) is 5.10 Å². The molecule has 2 saturated carbocycles. The number of carboxylic acid groups (broad SMARTS) is 1. The van der Waals surface area contributed by atoms with Crippen molar-refractivity contribution in [3.8, 4) is 0 Å². The van der Waals surface area contributed by atoms with Gasteiger partial charge in [-0.05, 0) is 66.6 Å². The average molecular weight is 563 g/mol. The van der Waals surface area contributed by atoms with Crippen LogP contribution in [0, 0.1) is 0 Å². The molecule has 0 spiro atoms. The minimum Gasteiger partial charge on any atom is -0.475 e. The van der Waals surface area contributed by atoms with Crippen LogP contribution >= 0.6 is 0 Å². The van der Waals surface area contributed by atoms with Crippen LogP contribution in [0.25, 0.3) is 0 Å². The summed E-state index contributed by atoms with van der Waals surface area (Å²) in [6.45, 7) is 0.491. The highest BCUT2D eigenvalue weighted by atomic mass is 19.4. The number of piperidine rings is 1. The molecule has 0 radical (unpaired) electrons. The normalized spacial score (nSPS) is 21.8. The lowest BCUT2D eigenvalue weighted by Gasteiger charge is -2.41. The molecule has 16 heteroatoms. The Balaban J connectivity index is 0.000000411. The van der Waals surface area contributed by atoms with E-state index in [1.165, 1.54) is 0 Å². The number of hydrogen-bond donors (Lipinski definition) is 3. The van der Waals surface area contributed by atoms with Gasteiger partial charge in [0.15, 0.2) is 5.82 Å². The van der Waals surface area contributed by atoms with Gasteiger partial charge in [-0.3, -0.25) is 29.4 Å². The Morgan fingerprint density at radius 3 is 2.35 bits per heavy atom. The largest absolute Gasteiger partial charge is 0.490 e. The Kier molecular flexibility index (Phi) is 6.89. The van der Waals surface area contributed by atoms with Gasteiger partial charge in [-0.25, -0.2) is 9.48 Å². The molecule has 1 atom stereocenters. The fraction of sp³-hybridized carbons (Fsp3) is 0.500. The summed E-state index contributed by atoms with van der Waals surface area (Å²) in [5, 5.41) is 25.3. The topological polar surface area (TPSA) is 176 Å². The molecule has 3 N–H and O–H groups in total. The molecule has 1 aromatic carbocycles. The van der Waals surface area contributed by atoms with Gasteiger partial charge in [-0.2, -0.15) is 13.2 Å². The van der Waals surface area contributed by atoms with E-state index in [1.807, 2.05) is 10.7 Å². The number of rotatable bonds is 6. The molecule has 212 valence electrons. The van der Waals surface area contributed by atoms with Crippen molar-refractivity contribution in [3.05, 3.63) is 40.7 Å². The van der Waals surface area contributed by atoms with Crippen molar-refractivity contribution in [3.63, 3.8) is 0 Å². The van der Waals surface area contributed by atoms with Gasteiger partial charge in [0.05, 0.1) is 22.7 Å². The summed E-state index contributed by atoms with van der Waals surface area (Å²) in [5.41, 5.74) is 1.14. The number of nitrogens with one attached hydrogen (secondary N) is 2. The standard InChI is InChI=1S/C22H23N7O4.C2HF3O2/c30-17-7-6-16(18(31)24-17)28-19(32)14-5-2-12(10-15(14)20(28)33)11-23-22(8-1-9-22)21-25-26-27-29(21)13-3-4-13;3-2(4,5)1(6)7/h2,5,10,13,16,23H,1,3-4,6-9,11H2,(H,24,30,31);(H,6,7). The number of carboxylic acids is 1. The molecule has 40 heavy (non-hydrogen) atoms. The van der Waals surface area contributed by atoms with Crippen molar-refractivity contribution in [1.82, 2.24) is 35.7 Å². The molecule has 2 aromatic rings. The van der Waals surface area contributed by atoms with Crippen LogP contribution in [0.3, 0.4) is 0 Å². The number of carbonyl (C=O) groups is 5. The van der Waals surface area contributed by atoms with Crippen molar-refractivity contribution in [2.45, 2.75) is 75.3 Å². The number of hydrogen-bond acceptors (Lipinski definition) is 9. The Bertz CT molecular complexity index is 1400. The van der Waals surface area contributed by atoms with Crippen LogP contribution in [0.5, 0.6) is 0 Å². The Morgan fingerprint density at radius 2 is 1.77 bits per heavy atom. The average Bonchev–Trinajstić information content (AvgIpc) is 3.55. The number of tetrazole rings is 1. The lowest BCUT2D eigenvalue weighted by atomic mass is 9.75. The maximum absolute atomic E-state index is 13.1. The van der Waals surface area contributed by atoms with E-state index in [4.69, 9.17) is 9.90 Å². The van der Waals surface area contributed by atoms with Crippen LogP contribution in [0.2, 0.25) is 0 Å². The second kappa shape index (κ2) is 10.1. The highest BCUT2D eigenvalue weighted by Gasteiger charge is 2.46. The zero-order valence-corrected chi connectivity index (χ0v) is 20.9. The number of amides is 4. The zero-order valence-electron chi connectivity index (χ0n) is 20.9. The van der Waals surface area contributed by atoms with E-state index >= 15 is 0 Å². The SMILES string of the molecule is O=C(O)C(F)(F)F.O=C1CCC(N2C(=O)c3ccc(CNC4(c5nnnn5C5CC5)CCC4)cc3C2=O)C(=O)N1. The minimum absolute atomic E-state index is 0.0986. The lowest BCUT2D eigenvalue weighted by molar-refractivity contribution is -0.192. The molecule has 4 aliphatic rings. The monoisotopic (exact) mass is 563 g/mol. The third-order valence-electron chi connectivity index (χ3n) is 7.40. The number of aromatic nitrogens is 4. The number of nitrogens with zero attached hydrogens (tertiary/aromatic N) is 5. The van der Waals surface area contributed by atoms with E-state index < -0.39 is 35.9 Å². The number of imide groups is 2. The Morgan fingerprint density at radius 1 is 1.10 bits per heavy atom. The van der Waals surface area contributed by atoms with Crippen molar-refractivity contribution in [2.24, 2.45) is 0 Å². The molecule has 2 aliphatic heterocycles. The number of benzene rings is 1. The molecule has 1 aromatic heterocycles. The predicted molar refractivity (Wildman–Crippen MR) is 125 cm³/mol. The van der Waals surface area contributed by atoms with Crippen LogP contribution < -0.4 is 10.6 Å². The van der Waals surface area contributed by atoms with Gasteiger partial charge in [0.1, 0.15) is 6.04 Å². The fourth-order valence-corrected chi connectivity index (χ4v) is 4.98. The quantitative estimate of drug-likeness (QED) is 0.433. The first-order valence-electron chi connectivity index (χ1n) is 12.6. The van der Waals surface area contributed by atoms with Crippen molar-refractivity contribution < 1.29 is 42.3 Å². The second-order valence-electron chi connectivity index (χ2n) is 10.1. The molecular weight excluding hydrogens is 539 g/mol. The number of aliphatic carboxylic acids is 1. The summed E-state index contributed by atoms with van der Waals surface area (Å²) in [6.07, 6.45) is 0.307. The molecule has 3 heterocycles. The Labute approximate surface area is 224 Å².